The lowest BCUT2D eigenvalue weighted by Gasteiger charge is -2.14. The number of hydrogen-bond donors (Lipinski definition) is 2. The van der Waals surface area contributed by atoms with Crippen molar-refractivity contribution in [2.45, 2.75) is 4.90 Å². The fourth-order valence-electron chi connectivity index (χ4n) is 1.83. The quantitative estimate of drug-likeness (QED) is 0.802. The van der Waals surface area contributed by atoms with Gasteiger partial charge in [-0.3, -0.25) is 0 Å². The number of carbonyl (C=O) groups is 1. The molecule has 0 radical (unpaired) electrons. The van der Waals surface area contributed by atoms with Gasteiger partial charge < -0.3 is 16.0 Å². The summed E-state index contributed by atoms with van der Waals surface area (Å²) in [7, 11) is -3.53. The van der Waals surface area contributed by atoms with Crippen LogP contribution in [0.2, 0.25) is 5.02 Å². The molecule has 0 spiro atoms. The Morgan fingerprint density at radius 3 is 2.74 bits per heavy atom. The number of sulfone groups is 1. The van der Waals surface area contributed by atoms with Crippen LogP contribution in [0.25, 0.3) is 0 Å². The molecule has 0 unspecified atom stereocenters. The van der Waals surface area contributed by atoms with Gasteiger partial charge in [-0.25, -0.2) is 13.2 Å². The number of halogens is 1. The highest BCUT2D eigenvalue weighted by molar-refractivity contribution is 7.91. The van der Waals surface area contributed by atoms with Gasteiger partial charge in [0, 0.05) is 25.3 Å². The lowest BCUT2D eigenvalue weighted by molar-refractivity contribution is 0.220. The van der Waals surface area contributed by atoms with Gasteiger partial charge in [0.25, 0.3) is 0 Å². The average Bonchev–Trinajstić information content (AvgIpc) is 2.72. The Bertz CT molecular complexity index is 603. The van der Waals surface area contributed by atoms with Crippen molar-refractivity contribution in [2.75, 3.05) is 31.1 Å². The monoisotopic (exact) mass is 303 g/mol. The van der Waals surface area contributed by atoms with Crippen molar-refractivity contribution in [1.82, 2.24) is 10.2 Å². The number of nitrogens with two attached hydrogens (primary N) is 1. The Morgan fingerprint density at radius 2 is 2.16 bits per heavy atom. The second-order valence-corrected chi connectivity index (χ2v) is 6.71. The van der Waals surface area contributed by atoms with Crippen LogP contribution >= 0.6 is 11.6 Å². The largest absolute Gasteiger partial charge is 0.399 e. The first-order chi connectivity index (χ1) is 8.90. The standard InChI is InChI=1S/C11H14ClN3O3S/c12-9-7-8(13)1-2-10(9)19(17,18)6-5-15-4-3-14-11(15)16/h1-2,7H,3-6,13H2,(H,14,16). The maximum absolute atomic E-state index is 12.1. The van der Waals surface area contributed by atoms with Crippen LogP contribution in [0, 0.1) is 0 Å². The van der Waals surface area contributed by atoms with Crippen LogP contribution in [0.5, 0.6) is 0 Å². The summed E-state index contributed by atoms with van der Waals surface area (Å²) in [5, 5.41) is 2.72. The van der Waals surface area contributed by atoms with E-state index in [2.05, 4.69) is 5.32 Å². The zero-order valence-corrected chi connectivity index (χ0v) is 11.7. The van der Waals surface area contributed by atoms with E-state index in [1.165, 1.54) is 23.1 Å². The van der Waals surface area contributed by atoms with Gasteiger partial charge >= 0.3 is 6.03 Å². The topological polar surface area (TPSA) is 92.5 Å². The van der Waals surface area contributed by atoms with Crippen molar-refractivity contribution in [1.29, 1.82) is 0 Å². The SMILES string of the molecule is Nc1ccc(S(=O)(=O)CCN2CCNC2=O)c(Cl)c1. The predicted octanol–water partition coefficient (Wildman–Crippen LogP) is 0.721. The van der Waals surface area contributed by atoms with Crippen LogP contribution in [0.4, 0.5) is 10.5 Å². The molecule has 6 nitrogen and oxygen atoms in total. The molecule has 1 aliphatic heterocycles. The summed E-state index contributed by atoms with van der Waals surface area (Å²) in [5.74, 6) is -0.163. The van der Waals surface area contributed by atoms with E-state index < -0.39 is 9.84 Å². The van der Waals surface area contributed by atoms with Crippen LogP contribution in [0.3, 0.4) is 0 Å². The molecule has 0 bridgehead atoms. The molecule has 104 valence electrons. The maximum atomic E-state index is 12.1. The summed E-state index contributed by atoms with van der Waals surface area (Å²) in [4.78, 5) is 12.8. The van der Waals surface area contributed by atoms with E-state index in [0.29, 0.717) is 18.8 Å². The van der Waals surface area contributed by atoms with Crippen molar-refractivity contribution in [3.63, 3.8) is 0 Å². The predicted molar refractivity (Wildman–Crippen MR) is 72.9 cm³/mol. The lowest BCUT2D eigenvalue weighted by atomic mass is 10.3. The Labute approximate surface area is 116 Å². The number of benzene rings is 1. The normalized spacial score (nSPS) is 15.6. The highest BCUT2D eigenvalue weighted by Gasteiger charge is 2.24. The Morgan fingerprint density at radius 1 is 1.42 bits per heavy atom. The fraction of sp³-hybridized carbons (Fsp3) is 0.364. The van der Waals surface area contributed by atoms with Crippen LogP contribution in [0.15, 0.2) is 23.1 Å². The van der Waals surface area contributed by atoms with Gasteiger partial charge in [0.15, 0.2) is 9.84 Å². The van der Waals surface area contributed by atoms with Gasteiger partial charge in [-0.2, -0.15) is 0 Å². The first kappa shape index (κ1) is 14.0. The summed E-state index contributed by atoms with van der Waals surface area (Å²) in [6.07, 6.45) is 0. The summed E-state index contributed by atoms with van der Waals surface area (Å²) in [6, 6.07) is 4.04. The van der Waals surface area contributed by atoms with E-state index in [1.807, 2.05) is 0 Å². The molecular weight excluding hydrogens is 290 g/mol. The van der Waals surface area contributed by atoms with E-state index >= 15 is 0 Å². The van der Waals surface area contributed by atoms with E-state index in [-0.39, 0.29) is 28.2 Å². The third-order valence-electron chi connectivity index (χ3n) is 2.87. The molecule has 0 aromatic heterocycles. The van der Waals surface area contributed by atoms with Crippen LogP contribution < -0.4 is 11.1 Å². The highest BCUT2D eigenvalue weighted by atomic mass is 35.5. The Hall–Kier alpha value is -1.47. The third kappa shape index (κ3) is 3.10. The highest BCUT2D eigenvalue weighted by Crippen LogP contribution is 2.24. The molecule has 1 heterocycles. The fourth-order valence-corrected chi connectivity index (χ4v) is 3.69. The van der Waals surface area contributed by atoms with Crippen molar-refractivity contribution >= 4 is 33.2 Å². The van der Waals surface area contributed by atoms with Gasteiger partial charge in [-0.15, -0.1) is 0 Å². The number of carbonyl (C=O) groups excluding carboxylic acids is 1. The van der Waals surface area contributed by atoms with Crippen molar-refractivity contribution in [3.8, 4) is 0 Å². The van der Waals surface area contributed by atoms with E-state index in [0.717, 1.165) is 0 Å². The molecular formula is C11H14ClN3O3S. The third-order valence-corrected chi connectivity index (χ3v) is 5.04. The lowest BCUT2D eigenvalue weighted by Crippen LogP contribution is -2.32. The molecule has 1 fully saturated rings. The summed E-state index contributed by atoms with van der Waals surface area (Å²) in [6.45, 7) is 1.21. The second kappa shape index (κ2) is 5.26. The van der Waals surface area contributed by atoms with E-state index in [9.17, 15) is 13.2 Å². The summed E-state index contributed by atoms with van der Waals surface area (Å²) in [5.41, 5.74) is 5.93. The van der Waals surface area contributed by atoms with Gasteiger partial charge in [0.2, 0.25) is 0 Å². The maximum Gasteiger partial charge on any atom is 0.317 e. The molecule has 2 rings (SSSR count). The smallest absolute Gasteiger partial charge is 0.317 e. The van der Waals surface area contributed by atoms with Gasteiger partial charge in [0.05, 0.1) is 15.7 Å². The molecule has 8 heteroatoms. The molecule has 0 saturated carbocycles. The molecule has 1 aromatic carbocycles. The number of nitrogens with one attached hydrogen (secondary N) is 1. The van der Waals surface area contributed by atoms with E-state index in [4.69, 9.17) is 17.3 Å². The van der Waals surface area contributed by atoms with Gasteiger partial charge in [-0.05, 0) is 18.2 Å². The van der Waals surface area contributed by atoms with Crippen molar-refractivity contribution in [3.05, 3.63) is 23.2 Å². The number of amides is 2. The number of nitrogens with zero attached hydrogens (tertiary/aromatic N) is 1. The molecule has 19 heavy (non-hydrogen) atoms. The molecule has 1 aromatic rings. The van der Waals surface area contributed by atoms with E-state index in [1.54, 1.807) is 0 Å². The van der Waals surface area contributed by atoms with Crippen LogP contribution in [0.1, 0.15) is 0 Å². The van der Waals surface area contributed by atoms with Crippen molar-refractivity contribution < 1.29 is 13.2 Å². The summed E-state index contributed by atoms with van der Waals surface area (Å²) < 4.78 is 24.3. The molecule has 0 aliphatic carbocycles. The number of anilines is 1. The number of hydrogen-bond acceptors (Lipinski definition) is 4. The Kier molecular flexibility index (Phi) is 3.86. The first-order valence-corrected chi connectivity index (χ1v) is 7.74. The minimum Gasteiger partial charge on any atom is -0.399 e. The molecule has 3 N–H and O–H groups in total. The molecule has 0 atom stereocenters. The van der Waals surface area contributed by atoms with Gasteiger partial charge in [-0.1, -0.05) is 11.6 Å². The molecule has 2 amide bonds. The number of rotatable bonds is 4. The molecule has 1 saturated heterocycles. The second-order valence-electron chi connectivity index (χ2n) is 4.23. The first-order valence-electron chi connectivity index (χ1n) is 5.71. The van der Waals surface area contributed by atoms with Crippen LogP contribution in [-0.4, -0.2) is 44.7 Å². The van der Waals surface area contributed by atoms with Gasteiger partial charge in [0.1, 0.15) is 0 Å². The molecule has 1 aliphatic rings. The minimum atomic E-state index is -3.53. The Balaban J connectivity index is 2.12. The summed E-state index contributed by atoms with van der Waals surface area (Å²) >= 11 is 5.89. The minimum absolute atomic E-state index is 0.0444. The average molecular weight is 304 g/mol. The number of nitrogen functional groups attached to an aromatic ring is 1. The van der Waals surface area contributed by atoms with Crippen LogP contribution in [-0.2, 0) is 9.84 Å². The van der Waals surface area contributed by atoms with Crippen molar-refractivity contribution in [2.24, 2.45) is 0 Å². The zero-order chi connectivity index (χ0) is 14.0. The zero-order valence-electron chi connectivity index (χ0n) is 10.1. The number of urea groups is 1.